The van der Waals surface area contributed by atoms with Gasteiger partial charge in [0.2, 0.25) is 5.91 Å². The first kappa shape index (κ1) is 18.4. The number of hydrogen-bond donors (Lipinski definition) is 2. The average Bonchev–Trinajstić information content (AvgIpc) is 2.54. The summed E-state index contributed by atoms with van der Waals surface area (Å²) in [6, 6.07) is 4.90. The minimum absolute atomic E-state index is 0.0610. The van der Waals surface area contributed by atoms with Crippen LogP contribution in [-0.4, -0.2) is 47.6 Å². The van der Waals surface area contributed by atoms with E-state index in [1.165, 1.54) is 18.6 Å². The molecule has 0 spiro atoms. The topological polar surface area (TPSA) is 69.6 Å². The minimum atomic E-state index is -1.15. The number of nitrogens with zero attached hydrogens (tertiary/aromatic N) is 1. The highest BCUT2D eigenvalue weighted by Crippen LogP contribution is 2.15. The zero-order valence-corrected chi connectivity index (χ0v) is 14.0. The zero-order valence-electron chi connectivity index (χ0n) is 14.0. The van der Waals surface area contributed by atoms with Gasteiger partial charge >= 0.3 is 5.97 Å². The second-order valence-electron chi connectivity index (χ2n) is 6.55. The Hall–Kier alpha value is -1.95. The van der Waals surface area contributed by atoms with Crippen molar-refractivity contribution in [1.82, 2.24) is 10.2 Å². The van der Waals surface area contributed by atoms with Crippen molar-refractivity contribution in [3.8, 4) is 0 Å². The van der Waals surface area contributed by atoms with Crippen molar-refractivity contribution in [2.75, 3.05) is 19.6 Å². The maximum absolute atomic E-state index is 13.7. The first-order valence-electron chi connectivity index (χ1n) is 8.43. The summed E-state index contributed by atoms with van der Waals surface area (Å²) in [6.45, 7) is 4.78. The lowest BCUT2D eigenvalue weighted by Crippen LogP contribution is -2.44. The van der Waals surface area contributed by atoms with Crippen molar-refractivity contribution < 1.29 is 19.1 Å². The monoisotopic (exact) mass is 336 g/mol. The Morgan fingerprint density at radius 2 is 2.17 bits per heavy atom. The molecule has 0 aromatic heterocycles. The molecule has 5 nitrogen and oxygen atoms in total. The predicted octanol–water partition coefficient (Wildman–Crippen LogP) is 2.06. The molecule has 6 heteroatoms. The van der Waals surface area contributed by atoms with Gasteiger partial charge in [0.1, 0.15) is 11.9 Å². The molecule has 1 aliphatic rings. The number of piperidine rings is 1. The first-order valence-corrected chi connectivity index (χ1v) is 8.43. The van der Waals surface area contributed by atoms with Gasteiger partial charge < -0.3 is 15.3 Å². The van der Waals surface area contributed by atoms with Crippen LogP contribution < -0.4 is 5.32 Å². The lowest BCUT2D eigenvalue weighted by molar-refractivity contribution is -0.141. The molecule has 132 valence electrons. The highest BCUT2D eigenvalue weighted by Gasteiger charge is 2.22. The van der Waals surface area contributed by atoms with Crippen LogP contribution in [0.1, 0.15) is 31.7 Å². The van der Waals surface area contributed by atoms with Crippen molar-refractivity contribution in [2.45, 2.75) is 38.6 Å². The van der Waals surface area contributed by atoms with Gasteiger partial charge in [-0.15, -0.1) is 0 Å². The lowest BCUT2D eigenvalue weighted by atomic mass is 10.0. The smallest absolute Gasteiger partial charge is 0.326 e. The third-order valence-corrected chi connectivity index (χ3v) is 4.41. The number of likely N-dealkylation sites (tertiary alicyclic amines) is 1. The molecule has 2 unspecified atom stereocenters. The molecule has 0 radical (unpaired) electrons. The fourth-order valence-electron chi connectivity index (χ4n) is 3.10. The van der Waals surface area contributed by atoms with Gasteiger partial charge in [0.05, 0.1) is 0 Å². The van der Waals surface area contributed by atoms with Gasteiger partial charge in [-0.1, -0.05) is 25.1 Å². The summed E-state index contributed by atoms with van der Waals surface area (Å²) < 4.78 is 13.7. The summed E-state index contributed by atoms with van der Waals surface area (Å²) >= 11 is 0. The van der Waals surface area contributed by atoms with E-state index in [0.29, 0.717) is 12.5 Å². The molecular formula is C18H25FN2O3. The van der Waals surface area contributed by atoms with E-state index in [9.17, 15) is 19.1 Å². The molecule has 2 rings (SSSR count). The van der Waals surface area contributed by atoms with Crippen molar-refractivity contribution in [3.63, 3.8) is 0 Å². The van der Waals surface area contributed by atoms with E-state index in [4.69, 9.17) is 0 Å². The van der Waals surface area contributed by atoms with E-state index in [-0.39, 0.29) is 24.3 Å². The molecular weight excluding hydrogens is 311 g/mol. The normalized spacial score (nSPS) is 19.7. The molecule has 2 atom stereocenters. The van der Waals surface area contributed by atoms with Gasteiger partial charge in [-0.3, -0.25) is 4.79 Å². The third-order valence-electron chi connectivity index (χ3n) is 4.41. The van der Waals surface area contributed by atoms with Crippen LogP contribution in [0.15, 0.2) is 24.3 Å². The number of hydrogen-bond acceptors (Lipinski definition) is 3. The molecule has 2 N–H and O–H groups in total. The van der Waals surface area contributed by atoms with Gasteiger partial charge in [-0.2, -0.15) is 0 Å². The van der Waals surface area contributed by atoms with Crippen LogP contribution in [0.5, 0.6) is 0 Å². The molecule has 1 fully saturated rings. The van der Waals surface area contributed by atoms with Gasteiger partial charge in [-0.05, 0) is 36.9 Å². The highest BCUT2D eigenvalue weighted by molar-refractivity contribution is 5.83. The first-order chi connectivity index (χ1) is 11.5. The Balaban J connectivity index is 1.84. The van der Waals surface area contributed by atoms with Crippen molar-refractivity contribution in [1.29, 1.82) is 0 Å². The molecule has 1 heterocycles. The Bertz CT molecular complexity index is 579. The second-order valence-corrected chi connectivity index (χ2v) is 6.55. The van der Waals surface area contributed by atoms with Crippen LogP contribution in [-0.2, 0) is 16.0 Å². The summed E-state index contributed by atoms with van der Waals surface area (Å²) in [5, 5.41) is 11.8. The van der Waals surface area contributed by atoms with Crippen LogP contribution in [0.4, 0.5) is 4.39 Å². The number of amides is 1. The molecule has 0 bridgehead atoms. The summed E-state index contributed by atoms with van der Waals surface area (Å²) in [5.74, 6) is -1.29. The molecule has 1 aromatic carbocycles. The molecule has 0 saturated carbocycles. The fourth-order valence-corrected chi connectivity index (χ4v) is 3.10. The van der Waals surface area contributed by atoms with Crippen molar-refractivity contribution in [2.24, 2.45) is 5.92 Å². The molecule has 1 aliphatic heterocycles. The highest BCUT2D eigenvalue weighted by atomic mass is 19.1. The van der Waals surface area contributed by atoms with Crippen LogP contribution >= 0.6 is 0 Å². The van der Waals surface area contributed by atoms with E-state index < -0.39 is 17.8 Å². The van der Waals surface area contributed by atoms with E-state index in [1.807, 2.05) is 0 Å². The molecule has 1 amide bonds. The number of carboxylic acid groups (broad SMARTS) is 1. The summed E-state index contributed by atoms with van der Waals surface area (Å²) in [4.78, 5) is 25.7. The number of benzene rings is 1. The van der Waals surface area contributed by atoms with Crippen molar-refractivity contribution >= 4 is 11.9 Å². The van der Waals surface area contributed by atoms with Crippen LogP contribution in [0.3, 0.4) is 0 Å². The van der Waals surface area contributed by atoms with Crippen LogP contribution in [0.2, 0.25) is 0 Å². The number of carboxylic acids is 1. The van der Waals surface area contributed by atoms with Crippen LogP contribution in [0, 0.1) is 11.7 Å². The molecule has 24 heavy (non-hydrogen) atoms. The Labute approximate surface area is 141 Å². The predicted molar refractivity (Wildman–Crippen MR) is 89.1 cm³/mol. The van der Waals surface area contributed by atoms with E-state index in [2.05, 4.69) is 17.1 Å². The standard InChI is InChI=1S/C18H25FN2O3/c1-13-5-4-9-21(12-13)10-8-17(22)20-16(18(23)24)11-14-6-2-3-7-15(14)19/h2-3,6-7,13,16H,4-5,8-12H2,1H3,(H,20,22)(H,23,24). The summed E-state index contributed by atoms with van der Waals surface area (Å²) in [6.07, 6.45) is 2.54. The Morgan fingerprint density at radius 3 is 2.83 bits per heavy atom. The largest absolute Gasteiger partial charge is 0.480 e. The molecule has 1 aromatic rings. The average molecular weight is 336 g/mol. The lowest BCUT2D eigenvalue weighted by Gasteiger charge is -2.30. The van der Waals surface area contributed by atoms with Crippen LogP contribution in [0.25, 0.3) is 0 Å². The Morgan fingerprint density at radius 1 is 1.42 bits per heavy atom. The fraction of sp³-hybridized carbons (Fsp3) is 0.556. The van der Waals surface area contributed by atoms with Gasteiger partial charge in [0.15, 0.2) is 0 Å². The van der Waals surface area contributed by atoms with Gasteiger partial charge in [-0.25, -0.2) is 9.18 Å². The molecule has 1 saturated heterocycles. The number of nitrogens with one attached hydrogen (secondary N) is 1. The maximum atomic E-state index is 13.7. The number of aliphatic carboxylic acids is 1. The van der Waals surface area contributed by atoms with Gasteiger partial charge in [0.25, 0.3) is 0 Å². The van der Waals surface area contributed by atoms with Crippen molar-refractivity contribution in [3.05, 3.63) is 35.6 Å². The quantitative estimate of drug-likeness (QED) is 0.800. The Kier molecular flexibility index (Phi) is 6.73. The van der Waals surface area contributed by atoms with E-state index in [1.54, 1.807) is 12.1 Å². The van der Waals surface area contributed by atoms with Gasteiger partial charge in [0, 0.05) is 25.9 Å². The molecule has 0 aliphatic carbocycles. The van der Waals surface area contributed by atoms with E-state index >= 15 is 0 Å². The number of carbonyl (C=O) groups is 2. The minimum Gasteiger partial charge on any atom is -0.480 e. The third kappa shape index (κ3) is 5.60. The summed E-state index contributed by atoms with van der Waals surface area (Å²) in [5.41, 5.74) is 0.287. The summed E-state index contributed by atoms with van der Waals surface area (Å²) in [7, 11) is 0. The second kappa shape index (κ2) is 8.78. The number of rotatable bonds is 7. The SMILES string of the molecule is CC1CCCN(CCC(=O)NC(Cc2ccccc2F)C(=O)O)C1. The number of carbonyl (C=O) groups excluding carboxylic acids is 1. The maximum Gasteiger partial charge on any atom is 0.326 e. The van der Waals surface area contributed by atoms with E-state index in [0.717, 1.165) is 19.5 Å². The number of halogens is 1. The zero-order chi connectivity index (χ0) is 17.5.